The Kier molecular flexibility index (Phi) is 17.1. The van der Waals surface area contributed by atoms with Crippen LogP contribution >= 0.6 is 39.5 Å². The van der Waals surface area contributed by atoms with Crippen LogP contribution in [-0.2, 0) is 23.6 Å². The Balaban J connectivity index is 0.000000150. The van der Waals surface area contributed by atoms with Crippen molar-refractivity contribution in [1.82, 2.24) is 40.3 Å². The molecule has 10 aromatic rings. The minimum atomic E-state index is -0.982. The molecule has 6 aromatic carbocycles. The Morgan fingerprint density at radius 1 is 0.625 bits per heavy atom. The molecule has 5 N–H and O–H groups in total. The second-order valence-corrected chi connectivity index (χ2v) is 21.8. The summed E-state index contributed by atoms with van der Waals surface area (Å²) in [6.45, 7) is 10.4. The van der Waals surface area contributed by atoms with Crippen LogP contribution in [0.2, 0.25) is 0 Å². The highest BCUT2D eigenvalue weighted by atomic mass is 79.9. The van der Waals surface area contributed by atoms with Crippen molar-refractivity contribution in [2.24, 2.45) is 0 Å². The quantitative estimate of drug-likeness (QED) is 0.0210. The normalized spacial score (nSPS) is 13.3. The molecule has 0 saturated carbocycles. The van der Waals surface area contributed by atoms with Gasteiger partial charge in [-0.2, -0.15) is 0 Å². The number of thioether (sulfide) groups is 2. The number of rotatable bonds is 15. The summed E-state index contributed by atoms with van der Waals surface area (Å²) in [4.78, 5) is 58.9. The molecule has 0 radical (unpaired) electrons. The molecule has 0 spiro atoms. The standard InChI is InChI=1S/C24H17N5O4S.C20H22BNO2.C12H11BrN4O4S/c30-22(31)13-34-24-26-23(27-28-24)18-9-16(10-19(11-18)29(32)33)15-6-7-20-17(8-15)12-21(25-20)14-4-2-1-3-5-14;1-19(2)20(3,4)24-21(23-19)16-10-11-17-15(12-16)13-18(22-17)14-8-6-5-7-9-14;1-2-21-10(18)6-22-12-14-11(15-16-12)7-3-8(13)5-9(4-7)17(19)20/h1-12,25H,13H2,(H,30,31)(H,26,27,28);5-13,22H,1-4H3;3-5H,2,6H2,1H3,(H,14,15,16). The van der Waals surface area contributed by atoms with Gasteiger partial charge in [-0.3, -0.25) is 40.0 Å². The number of nitro groups is 2. The third kappa shape index (κ3) is 13.5. The van der Waals surface area contributed by atoms with Crippen molar-refractivity contribution in [3.05, 3.63) is 170 Å². The zero-order valence-corrected chi connectivity index (χ0v) is 46.8. The van der Waals surface area contributed by atoms with E-state index < -0.39 is 15.8 Å². The summed E-state index contributed by atoms with van der Waals surface area (Å²) >= 11 is 5.31. The number of carbonyl (C=O) groups excluding carboxylic acids is 1. The minimum absolute atomic E-state index is 0.0542. The molecule has 1 aliphatic rings. The van der Waals surface area contributed by atoms with E-state index >= 15 is 0 Å². The van der Waals surface area contributed by atoms with Crippen molar-refractivity contribution in [2.45, 2.75) is 56.1 Å². The van der Waals surface area contributed by atoms with E-state index in [2.05, 4.69) is 139 Å². The number of non-ortho nitro benzene ring substituents is 2. The van der Waals surface area contributed by atoms with Gasteiger partial charge in [-0.25, -0.2) is 9.97 Å². The largest absolute Gasteiger partial charge is 0.494 e. The van der Waals surface area contributed by atoms with E-state index in [9.17, 15) is 29.8 Å². The number of nitrogens with one attached hydrogen (secondary N) is 4. The second-order valence-electron chi connectivity index (χ2n) is 19.0. The van der Waals surface area contributed by atoms with Crippen LogP contribution in [0, 0.1) is 20.2 Å². The molecule has 0 atom stereocenters. The Morgan fingerprint density at radius 3 is 1.66 bits per heavy atom. The van der Waals surface area contributed by atoms with Crippen LogP contribution in [0.5, 0.6) is 0 Å². The van der Waals surface area contributed by atoms with Crippen molar-refractivity contribution in [1.29, 1.82) is 0 Å². The van der Waals surface area contributed by atoms with E-state index in [1.807, 2.05) is 54.6 Å². The molecule has 0 bridgehead atoms. The number of nitro benzene ring substituents is 2. The Labute approximate surface area is 474 Å². The number of carboxylic acid groups (broad SMARTS) is 1. The molecule has 24 heteroatoms. The molecule has 11 rings (SSSR count). The highest BCUT2D eigenvalue weighted by molar-refractivity contribution is 9.10. The van der Waals surface area contributed by atoms with Crippen LogP contribution in [0.25, 0.3) is 78.2 Å². The number of H-pyrrole nitrogens is 4. The van der Waals surface area contributed by atoms with Crippen LogP contribution in [0.15, 0.2) is 160 Å². The maximum Gasteiger partial charge on any atom is 0.494 e. The number of carboxylic acids is 1. The fraction of sp³-hybridized carbons (Fsp3) is 0.179. The van der Waals surface area contributed by atoms with E-state index in [0.29, 0.717) is 44.6 Å². The third-order valence-corrected chi connectivity index (χ3v) is 15.1. The number of fused-ring (bicyclic) bond motifs is 2. The lowest BCUT2D eigenvalue weighted by molar-refractivity contribution is -0.385. The van der Waals surface area contributed by atoms with Gasteiger partial charge in [-0.1, -0.05) is 118 Å². The summed E-state index contributed by atoms with van der Waals surface area (Å²) in [7, 11) is -0.325. The lowest BCUT2D eigenvalue weighted by Crippen LogP contribution is -2.41. The third-order valence-electron chi connectivity index (χ3n) is 12.9. The zero-order chi connectivity index (χ0) is 56.7. The van der Waals surface area contributed by atoms with Gasteiger partial charge in [-0.05, 0) is 110 Å². The number of ether oxygens (including phenoxy) is 1. The van der Waals surface area contributed by atoms with Gasteiger partial charge < -0.3 is 29.1 Å². The van der Waals surface area contributed by atoms with Crippen molar-refractivity contribution in [2.75, 3.05) is 18.1 Å². The Bertz CT molecular complexity index is 3870. The number of halogens is 1. The number of hydrogen-bond donors (Lipinski definition) is 5. The number of esters is 1. The molecule has 1 saturated heterocycles. The highest BCUT2D eigenvalue weighted by Crippen LogP contribution is 2.38. The summed E-state index contributed by atoms with van der Waals surface area (Å²) in [5.41, 5.74) is 9.21. The van der Waals surface area contributed by atoms with Gasteiger partial charge in [0.2, 0.25) is 10.3 Å². The number of hydrogen-bond acceptors (Lipinski definition) is 15. The molecule has 5 heterocycles. The molecule has 1 fully saturated rings. The monoisotopic (exact) mass is 1180 g/mol. The first-order valence-corrected chi connectivity index (χ1v) is 27.5. The van der Waals surface area contributed by atoms with Crippen LogP contribution in [-0.4, -0.2) is 104 Å². The van der Waals surface area contributed by atoms with Gasteiger partial charge in [0.25, 0.3) is 11.4 Å². The summed E-state index contributed by atoms with van der Waals surface area (Å²) in [5, 5.41) is 47.5. The Morgan fingerprint density at radius 2 is 1.12 bits per heavy atom. The first kappa shape index (κ1) is 56.3. The molecule has 0 aliphatic carbocycles. The minimum Gasteiger partial charge on any atom is -0.481 e. The maximum absolute atomic E-state index is 11.6. The number of carbonyl (C=O) groups is 2. The smallest absolute Gasteiger partial charge is 0.481 e. The predicted octanol–water partition coefficient (Wildman–Crippen LogP) is 12.3. The Hall–Kier alpha value is -8.42. The van der Waals surface area contributed by atoms with E-state index in [0.717, 1.165) is 67.9 Å². The van der Waals surface area contributed by atoms with Crippen molar-refractivity contribution in [3.63, 3.8) is 0 Å². The van der Waals surface area contributed by atoms with Gasteiger partial charge in [0.1, 0.15) is 0 Å². The van der Waals surface area contributed by atoms with Crippen LogP contribution in [0.4, 0.5) is 11.4 Å². The van der Waals surface area contributed by atoms with Gasteiger partial charge in [0.15, 0.2) is 11.6 Å². The van der Waals surface area contributed by atoms with Crippen LogP contribution in [0.3, 0.4) is 0 Å². The molecule has 406 valence electrons. The van der Waals surface area contributed by atoms with Crippen molar-refractivity contribution >= 4 is 97.2 Å². The maximum atomic E-state index is 11.6. The van der Waals surface area contributed by atoms with Gasteiger partial charge >= 0.3 is 19.1 Å². The fourth-order valence-electron chi connectivity index (χ4n) is 8.30. The molecule has 1 aliphatic heterocycles. The number of aromatic amines is 4. The summed E-state index contributed by atoms with van der Waals surface area (Å²) in [6, 6.07) is 45.9. The summed E-state index contributed by atoms with van der Waals surface area (Å²) in [6.07, 6.45) is 0. The fourth-order valence-corrected chi connectivity index (χ4v) is 9.90. The molecular weight excluding hydrogens is 1130 g/mol. The zero-order valence-electron chi connectivity index (χ0n) is 43.6. The van der Waals surface area contributed by atoms with Gasteiger partial charge in [0, 0.05) is 67.7 Å². The van der Waals surface area contributed by atoms with E-state index in [4.69, 9.17) is 19.2 Å². The van der Waals surface area contributed by atoms with E-state index in [1.165, 1.54) is 35.2 Å². The summed E-state index contributed by atoms with van der Waals surface area (Å²) in [5.74, 6) is -0.702. The lowest BCUT2D eigenvalue weighted by Gasteiger charge is -2.32. The highest BCUT2D eigenvalue weighted by Gasteiger charge is 2.51. The van der Waals surface area contributed by atoms with E-state index in [1.54, 1.807) is 19.1 Å². The number of nitrogens with zero attached hydrogens (tertiary/aromatic N) is 6. The SMILES string of the molecule is CC1(C)OB(c2ccc3[nH]c(-c4ccccc4)cc3c2)OC1(C)C.CCOC(=O)CSc1n[nH]c(-c2cc(Br)cc([N+](=O)[O-])c2)n1.O=C(O)CSc1n[nH]c(-c2cc(-c3ccc4[nH]c(-c5ccccc5)cc4c3)cc([N+](=O)[O-])c2)n1. The molecule has 4 aromatic heterocycles. The first-order valence-electron chi connectivity index (χ1n) is 24.8. The lowest BCUT2D eigenvalue weighted by atomic mass is 9.78. The number of aliphatic carboxylic acids is 1. The average Bonchev–Trinajstić information content (AvgIpc) is 4.41. The van der Waals surface area contributed by atoms with E-state index in [-0.39, 0.29) is 52.3 Å². The number of benzene rings is 6. The van der Waals surface area contributed by atoms with Gasteiger partial charge in [-0.15, -0.1) is 10.2 Å². The average molecular weight is 1180 g/mol. The molecule has 0 amide bonds. The van der Waals surface area contributed by atoms with Crippen molar-refractivity contribution in [3.8, 4) is 56.4 Å². The molecule has 80 heavy (non-hydrogen) atoms. The summed E-state index contributed by atoms with van der Waals surface area (Å²) < 4.78 is 17.7. The first-order chi connectivity index (χ1) is 38.3. The van der Waals surface area contributed by atoms with Crippen molar-refractivity contribution < 1.29 is 38.6 Å². The molecule has 20 nitrogen and oxygen atoms in total. The van der Waals surface area contributed by atoms with Crippen LogP contribution in [0.1, 0.15) is 34.6 Å². The van der Waals surface area contributed by atoms with Crippen LogP contribution < -0.4 is 5.46 Å². The second kappa shape index (κ2) is 24.3. The van der Waals surface area contributed by atoms with Gasteiger partial charge in [0.05, 0.1) is 39.2 Å². The molecular formula is C56H50BBrN10O10S2. The number of aromatic nitrogens is 8. The predicted molar refractivity (Wildman–Crippen MR) is 313 cm³/mol. The topological polar surface area (TPSA) is 283 Å². The molecule has 0 unspecified atom stereocenters.